The van der Waals surface area contributed by atoms with Gasteiger partial charge in [0.2, 0.25) is 5.91 Å². The normalized spacial score (nSPS) is 15.7. The molecule has 162 valence electrons. The van der Waals surface area contributed by atoms with E-state index in [0.29, 0.717) is 44.8 Å². The van der Waals surface area contributed by atoms with Crippen LogP contribution in [-0.2, 0) is 11.2 Å². The van der Waals surface area contributed by atoms with Gasteiger partial charge in [-0.05, 0) is 43.2 Å². The minimum Gasteiger partial charge on any atom is -0.354 e. The molecule has 0 spiro atoms. The number of piperazine rings is 1. The highest BCUT2D eigenvalue weighted by Gasteiger charge is 2.28. The van der Waals surface area contributed by atoms with Crippen molar-refractivity contribution in [3.8, 4) is 0 Å². The highest BCUT2D eigenvalue weighted by Crippen LogP contribution is 2.17. The summed E-state index contributed by atoms with van der Waals surface area (Å²) in [5.74, 6) is -0.298. The fourth-order valence-corrected chi connectivity index (χ4v) is 3.97. The van der Waals surface area contributed by atoms with E-state index in [2.05, 4.69) is 15.2 Å². The second-order valence-electron chi connectivity index (χ2n) is 7.94. The molecule has 2 heterocycles. The third kappa shape index (κ3) is 4.94. The van der Waals surface area contributed by atoms with Gasteiger partial charge >= 0.3 is 0 Å². The van der Waals surface area contributed by atoms with Crippen LogP contribution in [0.4, 0.5) is 4.39 Å². The van der Waals surface area contributed by atoms with Crippen LogP contribution in [0.15, 0.2) is 54.6 Å². The van der Waals surface area contributed by atoms with Crippen LogP contribution >= 0.6 is 0 Å². The molecule has 6 nitrogen and oxygen atoms in total. The van der Waals surface area contributed by atoms with Crippen LogP contribution in [-0.4, -0.2) is 65.4 Å². The van der Waals surface area contributed by atoms with Crippen molar-refractivity contribution in [3.05, 3.63) is 71.7 Å². The number of aromatic nitrogens is 1. The molecule has 1 saturated heterocycles. The van der Waals surface area contributed by atoms with Crippen molar-refractivity contribution < 1.29 is 14.0 Å². The van der Waals surface area contributed by atoms with E-state index in [9.17, 15) is 14.0 Å². The largest absolute Gasteiger partial charge is 0.354 e. The number of carbonyl (C=O) groups excluding carboxylic acids is 2. The summed E-state index contributed by atoms with van der Waals surface area (Å²) in [5.41, 5.74) is 2.54. The van der Waals surface area contributed by atoms with Gasteiger partial charge in [0.1, 0.15) is 11.5 Å². The predicted octanol–water partition coefficient (Wildman–Crippen LogP) is 2.81. The number of nitrogens with one attached hydrogen (secondary N) is 2. The third-order valence-electron chi connectivity index (χ3n) is 5.92. The second-order valence-corrected chi connectivity index (χ2v) is 7.94. The van der Waals surface area contributed by atoms with Crippen molar-refractivity contribution in [2.45, 2.75) is 19.4 Å². The molecule has 2 N–H and O–H groups in total. The number of nitrogens with zero attached hydrogens (tertiary/aromatic N) is 2. The Bertz CT molecular complexity index is 1020. The van der Waals surface area contributed by atoms with E-state index in [1.165, 1.54) is 12.1 Å². The molecule has 0 bridgehead atoms. The van der Waals surface area contributed by atoms with Gasteiger partial charge in [0.25, 0.3) is 5.91 Å². The number of aromatic amines is 1. The summed E-state index contributed by atoms with van der Waals surface area (Å²) in [7, 11) is 0. The first-order valence-electron chi connectivity index (χ1n) is 10.6. The summed E-state index contributed by atoms with van der Waals surface area (Å²) in [4.78, 5) is 32.5. The lowest BCUT2D eigenvalue weighted by atomic mass is 10.1. The summed E-state index contributed by atoms with van der Waals surface area (Å²) in [6.07, 6.45) is 0.658. The molecule has 1 aromatic heterocycles. The number of H-pyrrole nitrogens is 1. The SMILES string of the molecule is CC(C(=O)NCCc1ccc(F)cc1)N1CCN(C(=O)c2cc3ccccc3[nH]2)CC1. The average molecular weight is 423 g/mol. The molecule has 0 saturated carbocycles. The van der Waals surface area contributed by atoms with E-state index in [1.54, 1.807) is 12.1 Å². The molecule has 2 amide bonds. The summed E-state index contributed by atoms with van der Waals surface area (Å²) >= 11 is 0. The van der Waals surface area contributed by atoms with Crippen LogP contribution in [0.25, 0.3) is 10.9 Å². The number of amides is 2. The second kappa shape index (κ2) is 9.31. The maximum Gasteiger partial charge on any atom is 0.270 e. The molecule has 7 heteroatoms. The highest BCUT2D eigenvalue weighted by molar-refractivity contribution is 5.98. The van der Waals surface area contributed by atoms with Gasteiger partial charge in [0.05, 0.1) is 6.04 Å². The van der Waals surface area contributed by atoms with Crippen LogP contribution < -0.4 is 5.32 Å². The van der Waals surface area contributed by atoms with Crippen LogP contribution in [0, 0.1) is 5.82 Å². The highest BCUT2D eigenvalue weighted by atomic mass is 19.1. The van der Waals surface area contributed by atoms with E-state index in [-0.39, 0.29) is 23.7 Å². The first-order chi connectivity index (χ1) is 15.0. The molecule has 1 fully saturated rings. The van der Waals surface area contributed by atoms with Crippen molar-refractivity contribution in [1.29, 1.82) is 0 Å². The minimum atomic E-state index is -0.265. The summed E-state index contributed by atoms with van der Waals surface area (Å²) in [6, 6.07) is 15.8. The standard InChI is InChI=1S/C24H27FN4O2/c1-17(23(30)26-11-10-18-6-8-20(25)9-7-18)28-12-14-29(15-13-28)24(31)22-16-19-4-2-3-5-21(19)27-22/h2-9,16-17,27H,10-15H2,1H3,(H,26,30). The fraction of sp³-hybridized carbons (Fsp3) is 0.333. The van der Waals surface area contributed by atoms with Gasteiger partial charge in [-0.1, -0.05) is 30.3 Å². The molecular formula is C24H27FN4O2. The van der Waals surface area contributed by atoms with Gasteiger partial charge in [-0.15, -0.1) is 0 Å². The van der Waals surface area contributed by atoms with Gasteiger partial charge < -0.3 is 15.2 Å². The predicted molar refractivity (Wildman–Crippen MR) is 118 cm³/mol. The van der Waals surface area contributed by atoms with Crippen molar-refractivity contribution in [1.82, 2.24) is 20.1 Å². The Morgan fingerprint density at radius 2 is 1.77 bits per heavy atom. The lowest BCUT2D eigenvalue weighted by Crippen LogP contribution is -2.55. The van der Waals surface area contributed by atoms with Crippen molar-refractivity contribution in [2.75, 3.05) is 32.7 Å². The summed E-state index contributed by atoms with van der Waals surface area (Å²) in [5, 5.41) is 3.98. The Morgan fingerprint density at radius 3 is 2.48 bits per heavy atom. The summed E-state index contributed by atoms with van der Waals surface area (Å²) < 4.78 is 13.0. The van der Waals surface area contributed by atoms with Gasteiger partial charge in [-0.3, -0.25) is 14.5 Å². The summed E-state index contributed by atoms with van der Waals surface area (Å²) in [6.45, 7) is 4.87. The Balaban J connectivity index is 1.25. The first kappa shape index (κ1) is 21.1. The molecule has 1 aliphatic heterocycles. The monoisotopic (exact) mass is 422 g/mol. The quantitative estimate of drug-likeness (QED) is 0.642. The molecule has 3 aromatic rings. The van der Waals surface area contributed by atoms with Crippen LogP contribution in [0.1, 0.15) is 23.0 Å². The topological polar surface area (TPSA) is 68.4 Å². The van der Waals surface area contributed by atoms with Gasteiger partial charge in [-0.25, -0.2) is 4.39 Å². The van der Waals surface area contributed by atoms with Crippen molar-refractivity contribution >= 4 is 22.7 Å². The fourth-order valence-electron chi connectivity index (χ4n) is 3.97. The van der Waals surface area contributed by atoms with E-state index in [0.717, 1.165) is 16.5 Å². The first-order valence-corrected chi connectivity index (χ1v) is 10.6. The zero-order chi connectivity index (χ0) is 21.8. The minimum absolute atomic E-state index is 0.00717. The Hall–Kier alpha value is -3.19. The zero-order valence-electron chi connectivity index (χ0n) is 17.6. The molecule has 1 aliphatic rings. The molecule has 0 radical (unpaired) electrons. The molecule has 1 atom stereocenters. The van der Waals surface area contributed by atoms with Crippen molar-refractivity contribution in [2.24, 2.45) is 0 Å². The van der Waals surface area contributed by atoms with E-state index < -0.39 is 0 Å². The molecule has 4 rings (SSSR count). The van der Waals surface area contributed by atoms with Crippen molar-refractivity contribution in [3.63, 3.8) is 0 Å². The number of fused-ring (bicyclic) bond motifs is 1. The lowest BCUT2D eigenvalue weighted by Gasteiger charge is -2.37. The number of carbonyl (C=O) groups is 2. The number of hydrogen-bond donors (Lipinski definition) is 2. The van der Waals surface area contributed by atoms with E-state index in [4.69, 9.17) is 0 Å². The molecular weight excluding hydrogens is 395 g/mol. The maximum absolute atomic E-state index is 13.0. The Kier molecular flexibility index (Phi) is 6.32. The molecule has 31 heavy (non-hydrogen) atoms. The lowest BCUT2D eigenvalue weighted by molar-refractivity contribution is -0.126. The van der Waals surface area contributed by atoms with Crippen LogP contribution in [0.3, 0.4) is 0 Å². The number of hydrogen-bond acceptors (Lipinski definition) is 3. The Morgan fingerprint density at radius 1 is 1.06 bits per heavy atom. The maximum atomic E-state index is 13.0. The molecule has 0 aliphatic carbocycles. The molecule has 1 unspecified atom stereocenters. The Labute approximate surface area is 181 Å². The smallest absolute Gasteiger partial charge is 0.270 e. The number of halogens is 1. The number of benzene rings is 2. The van der Waals surface area contributed by atoms with Gasteiger partial charge in [-0.2, -0.15) is 0 Å². The van der Waals surface area contributed by atoms with Gasteiger partial charge in [0, 0.05) is 43.6 Å². The van der Waals surface area contributed by atoms with E-state index >= 15 is 0 Å². The van der Waals surface area contributed by atoms with Gasteiger partial charge in [0.15, 0.2) is 0 Å². The average Bonchev–Trinajstić information content (AvgIpc) is 3.24. The van der Waals surface area contributed by atoms with E-state index in [1.807, 2.05) is 42.2 Å². The molecule has 2 aromatic carbocycles. The zero-order valence-corrected chi connectivity index (χ0v) is 17.6. The van der Waals surface area contributed by atoms with Crippen LogP contribution in [0.5, 0.6) is 0 Å². The van der Waals surface area contributed by atoms with Crippen LogP contribution in [0.2, 0.25) is 0 Å². The number of para-hydroxylation sites is 1. The third-order valence-corrected chi connectivity index (χ3v) is 5.92. The number of rotatable bonds is 6.